The van der Waals surface area contributed by atoms with Crippen LogP contribution in [0, 0.1) is 0 Å². The highest BCUT2D eigenvalue weighted by molar-refractivity contribution is 7.80. The second-order valence-electron chi connectivity index (χ2n) is 5.33. The van der Waals surface area contributed by atoms with Crippen molar-refractivity contribution in [3.63, 3.8) is 0 Å². The van der Waals surface area contributed by atoms with Gasteiger partial charge in [-0.3, -0.25) is 0 Å². The largest absolute Gasteiger partial charge is 0.506 e. The second-order valence-corrected chi connectivity index (χ2v) is 5.73. The maximum absolute atomic E-state index is 11.4. The first-order valence-electron chi connectivity index (χ1n) is 6.57. The molecule has 1 aromatic carbocycles. The molecule has 21 heavy (non-hydrogen) atoms. The molecule has 4 N–H and O–H groups in total. The fraction of sp³-hybridized carbons (Fsp3) is 0.429. The van der Waals surface area contributed by atoms with Gasteiger partial charge in [-0.15, -0.1) is 0 Å². The molecule has 0 bridgehead atoms. The molecule has 0 saturated carbocycles. The number of aromatic hydroxyl groups is 1. The third kappa shape index (κ3) is 7.36. The number of anilines is 1. The summed E-state index contributed by atoms with van der Waals surface area (Å²) < 4.78 is 5.10. The Bertz CT molecular complexity index is 500. The smallest absolute Gasteiger partial charge is 0.407 e. The van der Waals surface area contributed by atoms with Crippen molar-refractivity contribution in [1.82, 2.24) is 10.6 Å². The van der Waals surface area contributed by atoms with Crippen molar-refractivity contribution in [2.45, 2.75) is 26.4 Å². The fourth-order valence-corrected chi connectivity index (χ4v) is 1.61. The van der Waals surface area contributed by atoms with Gasteiger partial charge >= 0.3 is 6.09 Å². The van der Waals surface area contributed by atoms with Crippen LogP contribution < -0.4 is 16.0 Å². The molecule has 0 radical (unpaired) electrons. The third-order valence-electron chi connectivity index (χ3n) is 2.23. The zero-order valence-electron chi connectivity index (χ0n) is 12.4. The van der Waals surface area contributed by atoms with Crippen molar-refractivity contribution in [3.8, 4) is 5.75 Å². The SMILES string of the molecule is CC(C)(C)OC(=O)NCCNC(=S)Nc1ccccc1O. The molecule has 6 nitrogen and oxygen atoms in total. The number of phenolic OH excluding ortho intramolecular Hbond substituents is 1. The molecule has 1 rings (SSSR count). The van der Waals surface area contributed by atoms with Gasteiger partial charge in [-0.25, -0.2) is 4.79 Å². The minimum Gasteiger partial charge on any atom is -0.506 e. The topological polar surface area (TPSA) is 82.6 Å². The van der Waals surface area contributed by atoms with E-state index in [-0.39, 0.29) is 5.75 Å². The van der Waals surface area contributed by atoms with E-state index < -0.39 is 11.7 Å². The number of amides is 1. The normalized spacial score (nSPS) is 10.6. The van der Waals surface area contributed by atoms with E-state index >= 15 is 0 Å². The van der Waals surface area contributed by atoms with Gasteiger partial charge in [0, 0.05) is 13.1 Å². The highest BCUT2D eigenvalue weighted by atomic mass is 32.1. The van der Waals surface area contributed by atoms with Gasteiger partial charge in [-0.05, 0) is 45.1 Å². The molecule has 7 heteroatoms. The van der Waals surface area contributed by atoms with Gasteiger partial charge in [0.25, 0.3) is 0 Å². The number of carbonyl (C=O) groups excluding carboxylic acids is 1. The standard InChI is InChI=1S/C14H21N3O3S/c1-14(2,3)20-13(19)16-9-8-15-12(21)17-10-6-4-5-7-11(10)18/h4-7,18H,8-9H2,1-3H3,(H,16,19)(H2,15,17,21). The number of rotatable bonds is 4. The summed E-state index contributed by atoms with van der Waals surface area (Å²) in [6, 6.07) is 6.79. The Labute approximate surface area is 129 Å². The van der Waals surface area contributed by atoms with Crippen LogP contribution in [-0.2, 0) is 4.74 Å². The number of carbonyl (C=O) groups is 1. The van der Waals surface area contributed by atoms with Gasteiger partial charge in [0.2, 0.25) is 0 Å². The molecule has 1 aromatic rings. The zero-order valence-corrected chi connectivity index (χ0v) is 13.2. The van der Waals surface area contributed by atoms with Crippen LogP contribution in [0.5, 0.6) is 5.75 Å². The van der Waals surface area contributed by atoms with Crippen molar-refractivity contribution in [2.24, 2.45) is 0 Å². The summed E-state index contributed by atoms with van der Waals surface area (Å²) >= 11 is 5.09. The van der Waals surface area contributed by atoms with Crippen molar-refractivity contribution in [3.05, 3.63) is 24.3 Å². The summed E-state index contributed by atoms with van der Waals surface area (Å²) in [6.07, 6.45) is -0.469. The van der Waals surface area contributed by atoms with Gasteiger partial charge in [-0.1, -0.05) is 12.1 Å². The Morgan fingerprint density at radius 3 is 2.48 bits per heavy atom. The average Bonchev–Trinajstić information content (AvgIpc) is 2.35. The van der Waals surface area contributed by atoms with Crippen LogP contribution in [-0.4, -0.2) is 35.0 Å². The molecule has 1 amide bonds. The maximum atomic E-state index is 11.4. The van der Waals surface area contributed by atoms with Gasteiger partial charge in [0.1, 0.15) is 11.4 Å². The fourth-order valence-electron chi connectivity index (χ4n) is 1.40. The minimum atomic E-state index is -0.515. The van der Waals surface area contributed by atoms with E-state index in [1.54, 1.807) is 45.0 Å². The number of nitrogens with one attached hydrogen (secondary N) is 3. The van der Waals surface area contributed by atoms with Crippen molar-refractivity contribution in [1.29, 1.82) is 0 Å². The van der Waals surface area contributed by atoms with E-state index in [0.29, 0.717) is 23.9 Å². The van der Waals surface area contributed by atoms with Crippen molar-refractivity contribution >= 4 is 29.1 Å². The Morgan fingerprint density at radius 2 is 1.86 bits per heavy atom. The quantitative estimate of drug-likeness (QED) is 0.388. The maximum Gasteiger partial charge on any atom is 0.407 e. The Balaban J connectivity index is 2.23. The van der Waals surface area contributed by atoms with Crippen LogP contribution >= 0.6 is 12.2 Å². The predicted molar refractivity (Wildman–Crippen MR) is 86.6 cm³/mol. The molecular formula is C14H21N3O3S. The zero-order chi connectivity index (χ0) is 15.9. The summed E-state index contributed by atoms with van der Waals surface area (Å²) in [5, 5.41) is 18.3. The molecule has 0 aliphatic heterocycles. The molecule has 0 spiro atoms. The van der Waals surface area contributed by atoms with E-state index in [1.165, 1.54) is 0 Å². The van der Waals surface area contributed by atoms with E-state index in [9.17, 15) is 9.90 Å². The first kappa shape index (κ1) is 17.0. The Kier molecular flexibility index (Phi) is 6.23. The summed E-state index contributed by atoms with van der Waals surface area (Å²) in [7, 11) is 0. The summed E-state index contributed by atoms with van der Waals surface area (Å²) in [5.41, 5.74) is 0.00856. The highest BCUT2D eigenvalue weighted by Crippen LogP contribution is 2.20. The van der Waals surface area contributed by atoms with Crippen molar-refractivity contribution in [2.75, 3.05) is 18.4 Å². The highest BCUT2D eigenvalue weighted by Gasteiger charge is 2.15. The van der Waals surface area contributed by atoms with Gasteiger partial charge in [-0.2, -0.15) is 0 Å². The lowest BCUT2D eigenvalue weighted by molar-refractivity contribution is 0.0529. The first-order valence-corrected chi connectivity index (χ1v) is 6.98. The summed E-state index contributed by atoms with van der Waals surface area (Å²) in [6.45, 7) is 6.22. The number of hydrogen-bond donors (Lipinski definition) is 4. The van der Waals surface area contributed by atoms with Crippen LogP contribution in [0.25, 0.3) is 0 Å². The number of thiocarbonyl (C=S) groups is 1. The first-order chi connectivity index (χ1) is 9.78. The molecular weight excluding hydrogens is 290 g/mol. The van der Waals surface area contributed by atoms with Gasteiger partial charge < -0.3 is 25.8 Å². The molecule has 0 aliphatic rings. The molecule has 0 unspecified atom stereocenters. The average molecular weight is 311 g/mol. The molecule has 0 saturated heterocycles. The van der Waals surface area contributed by atoms with Gasteiger partial charge in [0.15, 0.2) is 5.11 Å². The summed E-state index contributed by atoms with van der Waals surface area (Å²) in [4.78, 5) is 11.4. The number of ether oxygens (including phenoxy) is 1. The van der Waals surface area contributed by atoms with Crippen molar-refractivity contribution < 1.29 is 14.6 Å². The van der Waals surface area contributed by atoms with Crippen LogP contribution in [0.1, 0.15) is 20.8 Å². The lowest BCUT2D eigenvalue weighted by atomic mass is 10.2. The van der Waals surface area contributed by atoms with E-state index in [2.05, 4.69) is 16.0 Å². The lowest BCUT2D eigenvalue weighted by Gasteiger charge is -2.19. The van der Waals surface area contributed by atoms with Gasteiger partial charge in [0.05, 0.1) is 5.69 Å². The van der Waals surface area contributed by atoms with Crippen LogP contribution in [0.2, 0.25) is 0 Å². The minimum absolute atomic E-state index is 0.119. The van der Waals surface area contributed by atoms with Crippen LogP contribution in [0.4, 0.5) is 10.5 Å². The summed E-state index contributed by atoms with van der Waals surface area (Å²) in [5.74, 6) is 0.119. The molecule has 116 valence electrons. The number of benzene rings is 1. The Morgan fingerprint density at radius 1 is 1.24 bits per heavy atom. The van der Waals surface area contributed by atoms with E-state index in [0.717, 1.165) is 0 Å². The number of hydrogen-bond acceptors (Lipinski definition) is 4. The monoisotopic (exact) mass is 311 g/mol. The predicted octanol–water partition coefficient (Wildman–Crippen LogP) is 2.20. The number of phenols is 1. The number of para-hydroxylation sites is 2. The van der Waals surface area contributed by atoms with E-state index in [1.807, 2.05) is 0 Å². The molecule has 0 heterocycles. The second kappa shape index (κ2) is 7.68. The van der Waals surface area contributed by atoms with Crippen LogP contribution in [0.15, 0.2) is 24.3 Å². The van der Waals surface area contributed by atoms with E-state index in [4.69, 9.17) is 17.0 Å². The van der Waals surface area contributed by atoms with Crippen LogP contribution in [0.3, 0.4) is 0 Å². The Hall–Kier alpha value is -2.02. The molecule has 0 atom stereocenters. The number of alkyl carbamates (subject to hydrolysis) is 1. The molecule has 0 aromatic heterocycles. The lowest BCUT2D eigenvalue weighted by Crippen LogP contribution is -2.39. The molecule has 0 aliphatic carbocycles. The third-order valence-corrected chi connectivity index (χ3v) is 2.48. The molecule has 0 fully saturated rings.